The smallest absolute Gasteiger partial charge is 0.337 e. The Labute approximate surface area is 162 Å². The molecular formula is C21H22N2O5. The zero-order valence-corrected chi connectivity index (χ0v) is 15.6. The summed E-state index contributed by atoms with van der Waals surface area (Å²) >= 11 is 0. The Bertz CT molecular complexity index is 882. The summed E-state index contributed by atoms with van der Waals surface area (Å²) in [5.41, 5.74) is 0.761. The fraction of sp³-hybridized carbons (Fsp3) is 0.286. The number of piperidine rings is 1. The molecule has 3 rings (SSSR count). The molecule has 0 spiro atoms. The van der Waals surface area contributed by atoms with Gasteiger partial charge in [-0.2, -0.15) is 0 Å². The molecule has 1 aliphatic rings. The predicted octanol–water partition coefficient (Wildman–Crippen LogP) is 2.88. The SMILES string of the molecule is COc1ccc(NC(=O)C2CCCN(C(=O)c3ccccc3)C2)c(C(=O)O)c1. The Balaban J connectivity index is 1.71. The average Bonchev–Trinajstić information content (AvgIpc) is 2.74. The van der Waals surface area contributed by atoms with Crippen molar-refractivity contribution in [2.24, 2.45) is 5.92 Å². The van der Waals surface area contributed by atoms with E-state index in [1.165, 1.54) is 19.2 Å². The molecule has 1 aliphatic heterocycles. The van der Waals surface area contributed by atoms with E-state index in [4.69, 9.17) is 4.74 Å². The standard InChI is InChI=1S/C21H22N2O5/c1-28-16-9-10-18(17(12-16)21(26)27)22-19(24)15-8-5-11-23(13-15)20(25)14-6-3-2-4-7-14/h2-4,6-7,9-10,12,15H,5,8,11,13H2,1H3,(H,22,24)(H,26,27). The molecule has 0 radical (unpaired) electrons. The molecule has 1 unspecified atom stereocenters. The van der Waals surface area contributed by atoms with Gasteiger partial charge < -0.3 is 20.1 Å². The third-order valence-corrected chi connectivity index (χ3v) is 4.82. The van der Waals surface area contributed by atoms with E-state index in [0.29, 0.717) is 37.2 Å². The van der Waals surface area contributed by atoms with Gasteiger partial charge >= 0.3 is 5.97 Å². The van der Waals surface area contributed by atoms with Crippen molar-refractivity contribution in [3.05, 3.63) is 59.7 Å². The topological polar surface area (TPSA) is 95.9 Å². The number of carboxylic acid groups (broad SMARTS) is 1. The molecule has 2 aromatic rings. The van der Waals surface area contributed by atoms with Gasteiger partial charge in [-0.3, -0.25) is 9.59 Å². The van der Waals surface area contributed by atoms with Crippen LogP contribution in [0, 0.1) is 5.92 Å². The van der Waals surface area contributed by atoms with Crippen LogP contribution in [0.1, 0.15) is 33.6 Å². The van der Waals surface area contributed by atoms with Crippen LogP contribution in [0.25, 0.3) is 0 Å². The van der Waals surface area contributed by atoms with E-state index < -0.39 is 11.9 Å². The predicted molar refractivity (Wildman–Crippen MR) is 104 cm³/mol. The quantitative estimate of drug-likeness (QED) is 0.829. The first-order chi connectivity index (χ1) is 13.5. The van der Waals surface area contributed by atoms with Gasteiger partial charge in [-0.1, -0.05) is 18.2 Å². The van der Waals surface area contributed by atoms with Crippen LogP contribution in [0.4, 0.5) is 5.69 Å². The van der Waals surface area contributed by atoms with E-state index in [2.05, 4.69) is 5.32 Å². The molecular weight excluding hydrogens is 360 g/mol. The van der Waals surface area contributed by atoms with E-state index in [9.17, 15) is 19.5 Å². The number of carboxylic acids is 1. The van der Waals surface area contributed by atoms with Crippen LogP contribution in [-0.4, -0.2) is 48.0 Å². The fourth-order valence-electron chi connectivity index (χ4n) is 3.31. The lowest BCUT2D eigenvalue weighted by atomic mass is 9.96. The number of benzene rings is 2. The third-order valence-electron chi connectivity index (χ3n) is 4.82. The molecule has 0 aromatic heterocycles. The number of anilines is 1. The number of hydrogen-bond donors (Lipinski definition) is 2. The lowest BCUT2D eigenvalue weighted by Gasteiger charge is -2.32. The van der Waals surface area contributed by atoms with Crippen LogP contribution in [-0.2, 0) is 4.79 Å². The van der Waals surface area contributed by atoms with Crippen molar-refractivity contribution < 1.29 is 24.2 Å². The number of amides is 2. The average molecular weight is 382 g/mol. The number of hydrogen-bond acceptors (Lipinski definition) is 4. The van der Waals surface area contributed by atoms with Crippen molar-refractivity contribution in [3.8, 4) is 5.75 Å². The van der Waals surface area contributed by atoms with Crippen molar-refractivity contribution in [2.75, 3.05) is 25.5 Å². The normalized spacial score (nSPS) is 16.3. The van der Waals surface area contributed by atoms with Crippen molar-refractivity contribution in [1.29, 1.82) is 0 Å². The van der Waals surface area contributed by atoms with Crippen LogP contribution >= 0.6 is 0 Å². The number of likely N-dealkylation sites (tertiary alicyclic amines) is 1. The van der Waals surface area contributed by atoms with Gasteiger partial charge in [0.15, 0.2) is 0 Å². The number of ether oxygens (including phenoxy) is 1. The number of rotatable bonds is 5. The molecule has 0 bridgehead atoms. The van der Waals surface area contributed by atoms with Gasteiger partial charge in [0, 0.05) is 18.7 Å². The van der Waals surface area contributed by atoms with Crippen LogP contribution < -0.4 is 10.1 Å². The summed E-state index contributed by atoms with van der Waals surface area (Å²) in [5, 5.41) is 12.1. The second-order valence-corrected chi connectivity index (χ2v) is 6.66. The van der Waals surface area contributed by atoms with E-state index in [0.717, 1.165) is 0 Å². The molecule has 2 aromatic carbocycles. The lowest BCUT2D eigenvalue weighted by Crippen LogP contribution is -2.43. The summed E-state index contributed by atoms with van der Waals surface area (Å²) in [4.78, 5) is 38.5. The van der Waals surface area contributed by atoms with Crippen molar-refractivity contribution >= 4 is 23.5 Å². The Morgan fingerprint density at radius 2 is 1.89 bits per heavy atom. The monoisotopic (exact) mass is 382 g/mol. The van der Waals surface area contributed by atoms with Crippen LogP contribution in [0.5, 0.6) is 5.75 Å². The maximum atomic E-state index is 12.7. The summed E-state index contributed by atoms with van der Waals surface area (Å²) < 4.78 is 5.04. The van der Waals surface area contributed by atoms with Gasteiger partial charge in [-0.05, 0) is 43.2 Å². The maximum absolute atomic E-state index is 12.7. The van der Waals surface area contributed by atoms with Crippen molar-refractivity contribution in [3.63, 3.8) is 0 Å². The van der Waals surface area contributed by atoms with E-state index in [1.54, 1.807) is 35.2 Å². The third kappa shape index (κ3) is 4.31. The highest BCUT2D eigenvalue weighted by atomic mass is 16.5. The van der Waals surface area contributed by atoms with Gasteiger partial charge in [0.05, 0.1) is 24.3 Å². The Morgan fingerprint density at radius 3 is 2.57 bits per heavy atom. The van der Waals surface area contributed by atoms with Gasteiger partial charge in [-0.15, -0.1) is 0 Å². The van der Waals surface area contributed by atoms with Crippen molar-refractivity contribution in [1.82, 2.24) is 4.90 Å². The van der Waals surface area contributed by atoms with Gasteiger partial charge in [0.2, 0.25) is 5.91 Å². The summed E-state index contributed by atoms with van der Waals surface area (Å²) in [6, 6.07) is 13.4. The van der Waals surface area contributed by atoms with Crippen LogP contribution in [0.2, 0.25) is 0 Å². The highest BCUT2D eigenvalue weighted by Crippen LogP contribution is 2.25. The van der Waals surface area contributed by atoms with Crippen molar-refractivity contribution in [2.45, 2.75) is 12.8 Å². The minimum Gasteiger partial charge on any atom is -0.497 e. The lowest BCUT2D eigenvalue weighted by molar-refractivity contribution is -0.121. The summed E-state index contributed by atoms with van der Waals surface area (Å²) in [7, 11) is 1.44. The second-order valence-electron chi connectivity index (χ2n) is 6.66. The largest absolute Gasteiger partial charge is 0.497 e. The molecule has 2 amide bonds. The number of carbonyl (C=O) groups is 3. The molecule has 0 saturated carbocycles. The molecule has 1 fully saturated rings. The zero-order chi connectivity index (χ0) is 20.1. The number of aromatic carboxylic acids is 1. The first kappa shape index (κ1) is 19.4. The van der Waals surface area contributed by atoms with Gasteiger partial charge in [0.25, 0.3) is 5.91 Å². The number of carbonyl (C=O) groups excluding carboxylic acids is 2. The summed E-state index contributed by atoms with van der Waals surface area (Å²) in [6.07, 6.45) is 1.36. The molecule has 1 heterocycles. The summed E-state index contributed by atoms with van der Waals surface area (Å²) in [5.74, 6) is -1.55. The molecule has 0 aliphatic carbocycles. The molecule has 1 atom stereocenters. The molecule has 2 N–H and O–H groups in total. The van der Waals surface area contributed by atoms with Crippen LogP contribution in [0.3, 0.4) is 0 Å². The van der Waals surface area contributed by atoms with Crippen LogP contribution in [0.15, 0.2) is 48.5 Å². The zero-order valence-electron chi connectivity index (χ0n) is 15.6. The van der Waals surface area contributed by atoms with Gasteiger partial charge in [-0.25, -0.2) is 4.79 Å². The number of nitrogens with one attached hydrogen (secondary N) is 1. The minimum atomic E-state index is -1.15. The molecule has 146 valence electrons. The van der Waals surface area contributed by atoms with E-state index >= 15 is 0 Å². The summed E-state index contributed by atoms with van der Waals surface area (Å²) in [6.45, 7) is 0.901. The molecule has 7 heteroatoms. The Hall–Kier alpha value is -3.35. The number of methoxy groups -OCH3 is 1. The first-order valence-corrected chi connectivity index (χ1v) is 9.06. The number of nitrogens with zero attached hydrogens (tertiary/aromatic N) is 1. The molecule has 7 nitrogen and oxygen atoms in total. The molecule has 28 heavy (non-hydrogen) atoms. The minimum absolute atomic E-state index is 0.0410. The van der Waals surface area contributed by atoms with E-state index in [1.807, 2.05) is 6.07 Å². The highest BCUT2D eigenvalue weighted by Gasteiger charge is 2.29. The second kappa shape index (κ2) is 8.56. The molecule has 1 saturated heterocycles. The first-order valence-electron chi connectivity index (χ1n) is 9.06. The highest BCUT2D eigenvalue weighted by molar-refractivity contribution is 6.02. The van der Waals surface area contributed by atoms with Gasteiger partial charge in [0.1, 0.15) is 5.75 Å². The maximum Gasteiger partial charge on any atom is 0.337 e. The fourth-order valence-corrected chi connectivity index (χ4v) is 3.31. The Kier molecular flexibility index (Phi) is 5.93. The Morgan fingerprint density at radius 1 is 1.14 bits per heavy atom. The van der Waals surface area contributed by atoms with E-state index in [-0.39, 0.29) is 23.1 Å².